The van der Waals surface area contributed by atoms with Crippen LogP contribution in [0.2, 0.25) is 0 Å². The highest BCUT2D eigenvalue weighted by molar-refractivity contribution is 6.05. The minimum absolute atomic E-state index is 0.160. The number of nitrogens with zero attached hydrogens (tertiary/aromatic N) is 4. The van der Waals surface area contributed by atoms with Crippen LogP contribution in [0.5, 0.6) is 0 Å². The molecule has 12 nitrogen and oxygen atoms in total. The van der Waals surface area contributed by atoms with Crippen LogP contribution in [0.15, 0.2) is 59.1 Å². The van der Waals surface area contributed by atoms with E-state index in [2.05, 4.69) is 20.8 Å². The van der Waals surface area contributed by atoms with Gasteiger partial charge in [-0.25, -0.2) is 4.79 Å². The number of urea groups is 1. The lowest BCUT2D eigenvalue weighted by Crippen LogP contribution is -2.62. The van der Waals surface area contributed by atoms with E-state index in [1.54, 1.807) is 13.8 Å². The summed E-state index contributed by atoms with van der Waals surface area (Å²) in [6, 6.07) is 14.2. The first-order chi connectivity index (χ1) is 20.0. The third kappa shape index (κ3) is 7.25. The van der Waals surface area contributed by atoms with Gasteiger partial charge in [-0.05, 0) is 24.0 Å². The van der Waals surface area contributed by atoms with E-state index in [1.165, 1.54) is 11.9 Å². The maximum atomic E-state index is 13.1. The first-order valence-corrected chi connectivity index (χ1v) is 13.6. The predicted octanol–water partition coefficient (Wildman–Crippen LogP) is 1.91. The molecule has 42 heavy (non-hydrogen) atoms. The first-order valence-electron chi connectivity index (χ1n) is 13.6. The molecule has 2 atom stereocenters. The van der Waals surface area contributed by atoms with Gasteiger partial charge in [-0.2, -0.15) is 4.98 Å². The van der Waals surface area contributed by atoms with Gasteiger partial charge in [0.15, 0.2) is 0 Å². The zero-order chi connectivity index (χ0) is 30.4. The van der Waals surface area contributed by atoms with Crippen LogP contribution < -0.4 is 10.6 Å². The molecule has 1 aliphatic heterocycles. The van der Waals surface area contributed by atoms with Gasteiger partial charge in [-0.15, -0.1) is 0 Å². The third-order valence-corrected chi connectivity index (χ3v) is 7.01. The first kappa shape index (κ1) is 30.1. The Bertz CT molecular complexity index is 1470. The summed E-state index contributed by atoms with van der Waals surface area (Å²) >= 11 is 0. The second-order valence-electron chi connectivity index (χ2n) is 10.6. The summed E-state index contributed by atoms with van der Waals surface area (Å²) < 4.78 is 5.26. The number of amides is 5. The summed E-state index contributed by atoms with van der Waals surface area (Å²) in [5, 5.41) is 8.79. The molecular formula is C30H34N6O6. The largest absolute Gasteiger partial charge is 0.344 e. The van der Waals surface area contributed by atoms with Gasteiger partial charge in [0.1, 0.15) is 12.6 Å². The minimum atomic E-state index is -0.985. The van der Waals surface area contributed by atoms with Gasteiger partial charge in [0.25, 0.3) is 5.91 Å². The van der Waals surface area contributed by atoms with Crippen molar-refractivity contribution in [1.82, 2.24) is 30.6 Å². The Balaban J connectivity index is 1.34. The number of aromatic nitrogens is 2. The number of carbonyl (C=O) groups is 5. The number of benzene rings is 2. The molecule has 0 bridgehead atoms. The Kier molecular flexibility index (Phi) is 9.46. The van der Waals surface area contributed by atoms with Crippen molar-refractivity contribution in [2.75, 3.05) is 20.1 Å². The molecule has 2 N–H and O–H groups in total. The lowest BCUT2D eigenvalue weighted by atomic mass is 9.99. The number of ketones is 1. The Hall–Kier alpha value is -4.87. The molecule has 1 aromatic heterocycles. The van der Waals surface area contributed by atoms with Crippen LogP contribution in [-0.2, 0) is 27.2 Å². The fourth-order valence-electron chi connectivity index (χ4n) is 4.65. The van der Waals surface area contributed by atoms with Crippen LogP contribution in [0, 0.1) is 12.8 Å². The van der Waals surface area contributed by atoms with E-state index in [-0.39, 0.29) is 24.1 Å². The SMILES string of the molecule is Cc1cccc(Cc2nc(C(=O)C(NC(=O)CNC(=O)N3CC(=O)N(C)C(Cc4ccccc4)C3=O)C(C)C)no2)c1. The van der Waals surface area contributed by atoms with Crippen molar-refractivity contribution in [1.29, 1.82) is 0 Å². The number of Topliss-reactive ketones (excluding diaryl/α,β-unsaturated/α-hetero) is 1. The minimum Gasteiger partial charge on any atom is -0.344 e. The number of carbonyl (C=O) groups excluding carboxylic acids is 5. The highest BCUT2D eigenvalue weighted by Gasteiger charge is 2.40. The van der Waals surface area contributed by atoms with E-state index in [0.717, 1.165) is 21.6 Å². The number of piperazine rings is 1. The zero-order valence-corrected chi connectivity index (χ0v) is 24.0. The molecule has 0 spiro atoms. The summed E-state index contributed by atoms with van der Waals surface area (Å²) in [7, 11) is 1.52. The lowest BCUT2D eigenvalue weighted by molar-refractivity contribution is -0.151. The van der Waals surface area contributed by atoms with Crippen molar-refractivity contribution in [3.05, 3.63) is 83.0 Å². The standard InChI is InChI=1S/C30H34N6O6/c1-18(2)26(27(39)28-33-24(42-34-28)15-21-12-8-9-19(3)13-21)32-23(37)16-31-30(41)36-17-25(38)35(4)22(29(36)40)14-20-10-6-5-7-11-20/h5-13,18,22,26H,14-17H2,1-4H3,(H,31,41)(H,32,37). The Morgan fingerprint density at radius 3 is 2.45 bits per heavy atom. The maximum absolute atomic E-state index is 13.1. The summed E-state index contributed by atoms with van der Waals surface area (Å²) in [5.74, 6) is -2.37. The van der Waals surface area contributed by atoms with E-state index >= 15 is 0 Å². The fourth-order valence-corrected chi connectivity index (χ4v) is 4.65. The quantitative estimate of drug-likeness (QED) is 0.348. The molecule has 1 aliphatic rings. The van der Waals surface area contributed by atoms with Gasteiger partial charge in [-0.1, -0.05) is 79.2 Å². The second kappa shape index (κ2) is 13.2. The normalized spacial score (nSPS) is 16.0. The molecule has 1 fully saturated rings. The van der Waals surface area contributed by atoms with E-state index in [0.29, 0.717) is 6.42 Å². The molecule has 220 valence electrons. The third-order valence-electron chi connectivity index (χ3n) is 7.01. The summed E-state index contributed by atoms with van der Waals surface area (Å²) in [4.78, 5) is 70.8. The highest BCUT2D eigenvalue weighted by atomic mass is 16.5. The Morgan fingerprint density at radius 1 is 1.05 bits per heavy atom. The molecule has 0 aliphatic carbocycles. The molecular weight excluding hydrogens is 540 g/mol. The molecule has 4 rings (SSSR count). The molecule has 2 heterocycles. The topological polar surface area (TPSA) is 155 Å². The van der Waals surface area contributed by atoms with Crippen LogP contribution in [-0.4, -0.2) is 81.7 Å². The molecule has 5 amide bonds. The summed E-state index contributed by atoms with van der Waals surface area (Å²) in [6.07, 6.45) is 0.597. The lowest BCUT2D eigenvalue weighted by Gasteiger charge is -2.37. The van der Waals surface area contributed by atoms with Crippen LogP contribution in [0.4, 0.5) is 4.79 Å². The average Bonchev–Trinajstić information content (AvgIpc) is 3.43. The number of likely N-dealkylation sites (N-methyl/N-ethyl adjacent to an activating group) is 1. The number of aryl methyl sites for hydroxylation is 1. The molecule has 2 unspecified atom stereocenters. The van der Waals surface area contributed by atoms with Crippen molar-refractivity contribution < 1.29 is 28.5 Å². The molecule has 2 aromatic carbocycles. The summed E-state index contributed by atoms with van der Waals surface area (Å²) in [5.41, 5.74) is 2.87. The number of hydrogen-bond acceptors (Lipinski definition) is 8. The second-order valence-corrected chi connectivity index (χ2v) is 10.6. The molecule has 3 aromatic rings. The van der Waals surface area contributed by atoms with E-state index in [9.17, 15) is 24.0 Å². The molecule has 0 saturated carbocycles. The van der Waals surface area contributed by atoms with Crippen LogP contribution in [0.25, 0.3) is 0 Å². The van der Waals surface area contributed by atoms with Gasteiger partial charge in [0, 0.05) is 13.5 Å². The van der Waals surface area contributed by atoms with Gasteiger partial charge >= 0.3 is 6.03 Å². The van der Waals surface area contributed by atoms with Crippen LogP contribution in [0.1, 0.15) is 47.0 Å². The van der Waals surface area contributed by atoms with Gasteiger partial charge in [0.05, 0.1) is 19.0 Å². The van der Waals surface area contributed by atoms with Crippen molar-refractivity contribution in [3.63, 3.8) is 0 Å². The monoisotopic (exact) mass is 574 g/mol. The number of imide groups is 1. The number of rotatable bonds is 10. The zero-order valence-electron chi connectivity index (χ0n) is 24.0. The highest BCUT2D eigenvalue weighted by Crippen LogP contribution is 2.17. The van der Waals surface area contributed by atoms with Gasteiger partial charge in [-0.3, -0.25) is 24.1 Å². The van der Waals surface area contributed by atoms with Crippen molar-refractivity contribution >= 4 is 29.5 Å². The molecule has 0 radical (unpaired) electrons. The van der Waals surface area contributed by atoms with Crippen molar-refractivity contribution in [3.8, 4) is 0 Å². The molecule has 1 saturated heterocycles. The van der Waals surface area contributed by atoms with E-state index in [4.69, 9.17) is 4.52 Å². The smallest absolute Gasteiger partial charge is 0.325 e. The Labute approximate surface area is 243 Å². The van der Waals surface area contributed by atoms with Gasteiger partial charge < -0.3 is 20.1 Å². The molecule has 12 heteroatoms. The Morgan fingerprint density at radius 2 is 1.76 bits per heavy atom. The van der Waals surface area contributed by atoms with Crippen LogP contribution in [0.3, 0.4) is 0 Å². The average molecular weight is 575 g/mol. The predicted molar refractivity (Wildman–Crippen MR) is 151 cm³/mol. The van der Waals surface area contributed by atoms with Crippen LogP contribution >= 0.6 is 0 Å². The fraction of sp³-hybridized carbons (Fsp3) is 0.367. The maximum Gasteiger partial charge on any atom is 0.325 e. The number of nitrogens with one attached hydrogen (secondary N) is 2. The van der Waals surface area contributed by atoms with Gasteiger partial charge in [0.2, 0.25) is 29.3 Å². The van der Waals surface area contributed by atoms with E-state index in [1.807, 2.05) is 61.5 Å². The summed E-state index contributed by atoms with van der Waals surface area (Å²) in [6.45, 7) is 4.50. The van der Waals surface area contributed by atoms with Crippen molar-refractivity contribution in [2.24, 2.45) is 5.92 Å². The van der Waals surface area contributed by atoms with Crippen molar-refractivity contribution in [2.45, 2.75) is 45.7 Å². The van der Waals surface area contributed by atoms with E-state index < -0.39 is 54.7 Å². The number of hydrogen-bond donors (Lipinski definition) is 2.